The smallest absolute Gasteiger partial charge is 0.174 e. The van der Waals surface area contributed by atoms with Gasteiger partial charge in [-0.25, -0.2) is 0 Å². The van der Waals surface area contributed by atoms with Crippen molar-refractivity contribution in [2.24, 2.45) is 0 Å². The average Bonchev–Trinajstić information content (AvgIpc) is 2.75. The Labute approximate surface area is 150 Å². The van der Waals surface area contributed by atoms with Gasteiger partial charge in [0.05, 0.1) is 0 Å². The minimum absolute atomic E-state index is 0.0796. The molecule has 0 saturated heterocycles. The van der Waals surface area contributed by atoms with Crippen LogP contribution < -0.4 is 4.74 Å². The molecule has 0 fully saturated rings. The van der Waals surface area contributed by atoms with Gasteiger partial charge in [0.25, 0.3) is 0 Å². The van der Waals surface area contributed by atoms with E-state index < -0.39 is 0 Å². The van der Waals surface area contributed by atoms with Gasteiger partial charge >= 0.3 is 0 Å². The van der Waals surface area contributed by atoms with Crippen LogP contribution >= 0.6 is 0 Å². The molecule has 26 heavy (non-hydrogen) atoms. The van der Waals surface area contributed by atoms with Gasteiger partial charge in [0.15, 0.2) is 5.78 Å². The number of hydrogen-bond donors (Lipinski definition) is 2. The zero-order chi connectivity index (χ0) is 18.1. The molecule has 0 atom stereocenters. The van der Waals surface area contributed by atoms with Crippen LogP contribution in [0.2, 0.25) is 0 Å². The Hall–Kier alpha value is -3.71. The molecule has 0 amide bonds. The number of carbonyl (C=O) groups excluding carboxylic acids is 1. The molecule has 2 N–H and O–H groups in total. The SMILES string of the molecule is O=C1Cc2ccc(C#Cc3ccccc3)cc2Oc2cc(O)cc(O)c21. The second kappa shape index (κ2) is 6.30. The first-order chi connectivity index (χ1) is 12.6. The van der Waals surface area contributed by atoms with Gasteiger partial charge in [-0.2, -0.15) is 0 Å². The molecule has 4 heteroatoms. The third-order valence-electron chi connectivity index (χ3n) is 4.11. The number of hydrogen-bond acceptors (Lipinski definition) is 4. The highest BCUT2D eigenvalue weighted by atomic mass is 16.5. The van der Waals surface area contributed by atoms with E-state index in [4.69, 9.17) is 4.74 Å². The summed E-state index contributed by atoms with van der Waals surface area (Å²) >= 11 is 0. The summed E-state index contributed by atoms with van der Waals surface area (Å²) in [5, 5.41) is 19.7. The van der Waals surface area contributed by atoms with Gasteiger partial charge in [-0.15, -0.1) is 0 Å². The summed E-state index contributed by atoms with van der Waals surface area (Å²) in [4.78, 5) is 12.4. The van der Waals surface area contributed by atoms with Crippen LogP contribution in [0, 0.1) is 11.8 Å². The van der Waals surface area contributed by atoms with Crippen LogP contribution in [0.3, 0.4) is 0 Å². The molecule has 1 aliphatic rings. The van der Waals surface area contributed by atoms with Gasteiger partial charge < -0.3 is 14.9 Å². The van der Waals surface area contributed by atoms with Crippen LogP contribution in [0.25, 0.3) is 0 Å². The summed E-state index contributed by atoms with van der Waals surface area (Å²) in [6.07, 6.45) is 0.104. The van der Waals surface area contributed by atoms with Crippen molar-refractivity contribution >= 4 is 5.78 Å². The van der Waals surface area contributed by atoms with Crippen LogP contribution in [0.15, 0.2) is 60.7 Å². The quantitative estimate of drug-likeness (QED) is 0.605. The molecule has 126 valence electrons. The lowest BCUT2D eigenvalue weighted by molar-refractivity contribution is 0.0991. The molecule has 0 radical (unpaired) electrons. The zero-order valence-corrected chi connectivity index (χ0v) is 13.7. The van der Waals surface area contributed by atoms with Gasteiger partial charge in [0.1, 0.15) is 28.6 Å². The number of fused-ring (bicyclic) bond motifs is 2. The van der Waals surface area contributed by atoms with Gasteiger partial charge in [-0.3, -0.25) is 4.79 Å². The van der Waals surface area contributed by atoms with E-state index in [1.165, 1.54) is 6.07 Å². The fourth-order valence-corrected chi connectivity index (χ4v) is 2.87. The highest BCUT2D eigenvalue weighted by molar-refractivity contribution is 6.03. The number of benzene rings is 3. The number of Topliss-reactive ketones (excluding diaryl/α,β-unsaturated/α-hetero) is 1. The summed E-state index contributed by atoms with van der Waals surface area (Å²) < 4.78 is 5.82. The van der Waals surface area contributed by atoms with Crippen molar-refractivity contribution in [1.82, 2.24) is 0 Å². The predicted molar refractivity (Wildman–Crippen MR) is 96.7 cm³/mol. The average molecular weight is 342 g/mol. The Morgan fingerprint density at radius 2 is 1.62 bits per heavy atom. The molecule has 4 rings (SSSR count). The van der Waals surface area contributed by atoms with Gasteiger partial charge in [0.2, 0.25) is 0 Å². The second-order valence-corrected chi connectivity index (χ2v) is 5.98. The molecule has 0 unspecified atom stereocenters. The highest BCUT2D eigenvalue weighted by Gasteiger charge is 2.25. The third-order valence-corrected chi connectivity index (χ3v) is 4.11. The van der Waals surface area contributed by atoms with E-state index in [2.05, 4.69) is 11.8 Å². The lowest BCUT2D eigenvalue weighted by Gasteiger charge is -2.10. The van der Waals surface area contributed by atoms with Crippen molar-refractivity contribution in [1.29, 1.82) is 0 Å². The molecule has 0 bridgehead atoms. The van der Waals surface area contributed by atoms with Crippen molar-refractivity contribution in [2.45, 2.75) is 6.42 Å². The summed E-state index contributed by atoms with van der Waals surface area (Å²) in [6, 6.07) is 17.5. The summed E-state index contributed by atoms with van der Waals surface area (Å²) in [5.74, 6) is 6.06. The molecule has 4 nitrogen and oxygen atoms in total. The van der Waals surface area contributed by atoms with E-state index in [1.54, 1.807) is 12.1 Å². The van der Waals surface area contributed by atoms with Crippen molar-refractivity contribution in [3.8, 4) is 34.8 Å². The van der Waals surface area contributed by atoms with Gasteiger partial charge in [0, 0.05) is 35.2 Å². The second-order valence-electron chi connectivity index (χ2n) is 5.98. The lowest BCUT2D eigenvalue weighted by Crippen LogP contribution is -2.02. The monoisotopic (exact) mass is 342 g/mol. The van der Waals surface area contributed by atoms with E-state index in [1.807, 2.05) is 36.4 Å². The Kier molecular flexibility index (Phi) is 3.83. The van der Waals surface area contributed by atoms with Crippen molar-refractivity contribution in [3.05, 3.63) is 82.9 Å². The van der Waals surface area contributed by atoms with Crippen LogP contribution in [-0.4, -0.2) is 16.0 Å². The topological polar surface area (TPSA) is 66.8 Å². The number of rotatable bonds is 0. The summed E-state index contributed by atoms with van der Waals surface area (Å²) in [7, 11) is 0. The number of carbonyl (C=O) groups is 1. The standard InChI is InChI=1S/C22H14O4/c23-17-12-19(25)22-18(24)11-16-9-8-15(10-20(16)26-21(22)13-17)7-6-14-4-2-1-3-5-14/h1-5,8-10,12-13,23,25H,11H2. The normalized spacial score (nSPS) is 12.1. The third kappa shape index (κ3) is 2.99. The lowest BCUT2D eigenvalue weighted by atomic mass is 10.0. The van der Waals surface area contributed by atoms with Crippen LogP contribution in [0.1, 0.15) is 27.0 Å². The minimum atomic E-state index is -0.290. The van der Waals surface area contributed by atoms with Crippen LogP contribution in [-0.2, 0) is 6.42 Å². The van der Waals surface area contributed by atoms with E-state index in [0.717, 1.165) is 17.2 Å². The molecule has 0 aliphatic carbocycles. The molecule has 1 aliphatic heterocycles. The first-order valence-corrected chi connectivity index (χ1v) is 8.07. The van der Waals surface area contributed by atoms with Crippen molar-refractivity contribution in [2.75, 3.05) is 0 Å². The highest BCUT2D eigenvalue weighted by Crippen LogP contribution is 2.40. The predicted octanol–water partition coefficient (Wildman–Crippen LogP) is 4.03. The first kappa shape index (κ1) is 15.8. The molecule has 3 aromatic rings. The molecule has 0 aromatic heterocycles. The summed E-state index contributed by atoms with van der Waals surface area (Å²) in [6.45, 7) is 0. The van der Waals surface area contributed by atoms with E-state index in [9.17, 15) is 15.0 Å². The maximum absolute atomic E-state index is 12.4. The van der Waals surface area contributed by atoms with Gasteiger partial charge in [-0.1, -0.05) is 36.1 Å². The Morgan fingerprint density at radius 3 is 2.42 bits per heavy atom. The molecule has 0 spiro atoms. The fourth-order valence-electron chi connectivity index (χ4n) is 2.87. The fraction of sp³-hybridized carbons (Fsp3) is 0.0455. The Bertz CT molecular complexity index is 1070. The number of ether oxygens (including phenoxy) is 1. The number of ketones is 1. The Morgan fingerprint density at radius 1 is 0.846 bits per heavy atom. The maximum Gasteiger partial charge on any atom is 0.174 e. The Balaban J connectivity index is 1.74. The van der Waals surface area contributed by atoms with Crippen molar-refractivity contribution in [3.63, 3.8) is 0 Å². The van der Waals surface area contributed by atoms with Crippen molar-refractivity contribution < 1.29 is 19.7 Å². The van der Waals surface area contributed by atoms with E-state index >= 15 is 0 Å². The molecular weight excluding hydrogens is 328 g/mol. The van der Waals surface area contributed by atoms with Crippen LogP contribution in [0.5, 0.6) is 23.0 Å². The zero-order valence-electron chi connectivity index (χ0n) is 13.7. The van der Waals surface area contributed by atoms with E-state index in [-0.39, 0.29) is 35.0 Å². The largest absolute Gasteiger partial charge is 0.508 e. The van der Waals surface area contributed by atoms with E-state index in [0.29, 0.717) is 11.3 Å². The first-order valence-electron chi connectivity index (χ1n) is 8.07. The number of phenolic OH excluding ortho intramolecular Hbond substituents is 2. The maximum atomic E-state index is 12.4. The number of aromatic hydroxyl groups is 2. The van der Waals surface area contributed by atoms with Crippen LogP contribution in [0.4, 0.5) is 0 Å². The summed E-state index contributed by atoms with van der Waals surface area (Å²) in [5.41, 5.74) is 2.43. The molecule has 1 heterocycles. The number of phenols is 2. The molecule has 3 aromatic carbocycles. The van der Waals surface area contributed by atoms with Gasteiger partial charge in [-0.05, 0) is 24.3 Å². The molecule has 0 saturated carbocycles. The minimum Gasteiger partial charge on any atom is -0.508 e. The molecular formula is C22H14O4.